The Bertz CT molecular complexity index is 1710. The zero-order valence-corrected chi connectivity index (χ0v) is 24.0. The number of hydrogen-bond donors (Lipinski definition) is 3. The van der Waals surface area contributed by atoms with Crippen LogP contribution in [0.1, 0.15) is 24.1 Å². The van der Waals surface area contributed by atoms with Crippen LogP contribution in [-0.4, -0.2) is 48.3 Å². The van der Waals surface area contributed by atoms with E-state index in [2.05, 4.69) is 32.0 Å². The highest BCUT2D eigenvalue weighted by Gasteiger charge is 2.22. The second kappa shape index (κ2) is 13.1. The number of hydrogen-bond acceptors (Lipinski definition) is 9. The Morgan fingerprint density at radius 1 is 1.21 bits per heavy atom. The maximum Gasteiger partial charge on any atom is 0.248 e. The molecule has 6 rings (SSSR count). The Morgan fingerprint density at radius 2 is 2.14 bits per heavy atom. The van der Waals surface area contributed by atoms with Gasteiger partial charge in [0, 0.05) is 48.6 Å². The van der Waals surface area contributed by atoms with Gasteiger partial charge in [-0.3, -0.25) is 14.8 Å². The summed E-state index contributed by atoms with van der Waals surface area (Å²) in [6.45, 7) is 2.90. The molecule has 1 unspecified atom stereocenters. The molecule has 2 aromatic carbocycles. The number of carbonyl (C=O) groups is 1. The van der Waals surface area contributed by atoms with Crippen molar-refractivity contribution in [2.45, 2.75) is 25.6 Å². The zero-order valence-electron chi connectivity index (χ0n) is 23.2. The van der Waals surface area contributed by atoms with Gasteiger partial charge in [-0.2, -0.15) is 5.26 Å². The largest absolute Gasteiger partial charge is 0.486 e. The van der Waals surface area contributed by atoms with Gasteiger partial charge in [0.1, 0.15) is 30.3 Å². The van der Waals surface area contributed by atoms with Crippen molar-refractivity contribution in [1.29, 1.82) is 5.26 Å². The minimum absolute atomic E-state index is 0.137. The molecule has 2 aliphatic rings. The third-order valence-corrected chi connectivity index (χ3v) is 7.44. The van der Waals surface area contributed by atoms with Gasteiger partial charge in [-0.25, -0.2) is 0 Å². The number of halogens is 1. The lowest BCUT2D eigenvalue weighted by molar-refractivity contribution is -0.112. The van der Waals surface area contributed by atoms with Crippen LogP contribution in [0.2, 0.25) is 5.02 Å². The Hall–Kier alpha value is -4.69. The van der Waals surface area contributed by atoms with Crippen LogP contribution < -0.4 is 25.4 Å². The topological polar surface area (TPSA) is 130 Å². The van der Waals surface area contributed by atoms with Gasteiger partial charge in [0.2, 0.25) is 5.91 Å². The molecule has 0 spiro atoms. The van der Waals surface area contributed by atoms with Crippen molar-refractivity contribution in [3.8, 4) is 17.6 Å². The van der Waals surface area contributed by atoms with Gasteiger partial charge in [-0.15, -0.1) is 0 Å². The number of rotatable bonds is 9. The molecule has 43 heavy (non-hydrogen) atoms. The Kier molecular flexibility index (Phi) is 8.65. The maximum absolute atomic E-state index is 13.0. The van der Waals surface area contributed by atoms with Gasteiger partial charge in [-0.1, -0.05) is 17.7 Å². The molecule has 1 atom stereocenters. The van der Waals surface area contributed by atoms with Crippen molar-refractivity contribution in [1.82, 2.24) is 15.3 Å². The van der Waals surface area contributed by atoms with Gasteiger partial charge in [0.05, 0.1) is 46.4 Å². The first-order valence-corrected chi connectivity index (χ1v) is 14.3. The fourth-order valence-corrected chi connectivity index (χ4v) is 5.19. The normalized spacial score (nSPS) is 17.1. The van der Waals surface area contributed by atoms with E-state index in [1.54, 1.807) is 36.5 Å². The molecule has 0 bridgehead atoms. The maximum atomic E-state index is 13.0. The monoisotopic (exact) mass is 596 g/mol. The van der Waals surface area contributed by atoms with Gasteiger partial charge < -0.3 is 30.2 Å². The summed E-state index contributed by atoms with van der Waals surface area (Å²) in [6, 6.07) is 16.7. The van der Waals surface area contributed by atoms with Gasteiger partial charge in [0.15, 0.2) is 0 Å². The molecule has 11 heteroatoms. The first-order valence-electron chi connectivity index (χ1n) is 14.0. The molecule has 4 heterocycles. The van der Waals surface area contributed by atoms with Crippen molar-refractivity contribution in [3.63, 3.8) is 0 Å². The number of nitriles is 1. The van der Waals surface area contributed by atoms with Gasteiger partial charge in [0.25, 0.3) is 0 Å². The van der Waals surface area contributed by atoms with Crippen molar-refractivity contribution in [2.24, 2.45) is 0 Å². The van der Waals surface area contributed by atoms with Gasteiger partial charge in [-0.05, 0) is 54.9 Å². The summed E-state index contributed by atoms with van der Waals surface area (Å²) in [6.07, 6.45) is 6.27. The molecule has 3 N–H and O–H groups in total. The summed E-state index contributed by atoms with van der Waals surface area (Å²) in [4.78, 5) is 21.8. The lowest BCUT2D eigenvalue weighted by Crippen LogP contribution is -2.18. The zero-order chi connectivity index (χ0) is 29.6. The number of nitrogens with one attached hydrogen (secondary N) is 3. The first-order chi connectivity index (χ1) is 21.1. The van der Waals surface area contributed by atoms with E-state index in [1.807, 2.05) is 24.3 Å². The Labute approximate surface area is 253 Å². The molecule has 4 aromatic rings. The molecular formula is C32H29ClN6O4. The summed E-state index contributed by atoms with van der Waals surface area (Å²) in [7, 11) is 0. The van der Waals surface area contributed by atoms with Crippen LogP contribution >= 0.6 is 11.6 Å². The number of pyridine rings is 2. The van der Waals surface area contributed by atoms with Crippen LogP contribution in [0, 0.1) is 11.3 Å². The number of amides is 1. The number of fused-ring (bicyclic) bond motifs is 1. The fourth-order valence-electron chi connectivity index (χ4n) is 4.96. The number of anilines is 3. The highest BCUT2D eigenvalue weighted by atomic mass is 35.5. The van der Waals surface area contributed by atoms with E-state index in [1.165, 1.54) is 6.20 Å². The Balaban J connectivity index is 1.31. The number of carbonyl (C=O) groups excluding carboxylic acids is 1. The molecule has 0 aliphatic carbocycles. The summed E-state index contributed by atoms with van der Waals surface area (Å²) < 4.78 is 17.6. The lowest BCUT2D eigenvalue weighted by Gasteiger charge is -2.19. The second-order valence-corrected chi connectivity index (χ2v) is 10.6. The predicted molar refractivity (Wildman–Crippen MR) is 164 cm³/mol. The quantitative estimate of drug-likeness (QED) is 0.214. The highest BCUT2D eigenvalue weighted by molar-refractivity contribution is 6.32. The van der Waals surface area contributed by atoms with Crippen LogP contribution in [0.25, 0.3) is 10.9 Å². The summed E-state index contributed by atoms with van der Waals surface area (Å²) in [5.74, 6) is 0.740. The minimum atomic E-state index is -0.252. The molecule has 218 valence electrons. The smallest absolute Gasteiger partial charge is 0.248 e. The van der Waals surface area contributed by atoms with E-state index in [4.69, 9.17) is 25.8 Å². The number of nitrogens with zero attached hydrogens (tertiary/aromatic N) is 3. The highest BCUT2D eigenvalue weighted by Crippen LogP contribution is 2.38. The molecule has 2 fully saturated rings. The van der Waals surface area contributed by atoms with E-state index < -0.39 is 0 Å². The van der Waals surface area contributed by atoms with E-state index in [0.717, 1.165) is 30.7 Å². The van der Waals surface area contributed by atoms with Crippen LogP contribution in [0.15, 0.2) is 72.6 Å². The van der Waals surface area contributed by atoms with E-state index >= 15 is 0 Å². The lowest BCUT2D eigenvalue weighted by atomic mass is 10.1. The van der Waals surface area contributed by atoms with E-state index in [9.17, 15) is 10.1 Å². The minimum Gasteiger partial charge on any atom is -0.486 e. The molecule has 2 saturated heterocycles. The van der Waals surface area contributed by atoms with E-state index in [0.29, 0.717) is 69.8 Å². The van der Waals surface area contributed by atoms with Crippen LogP contribution in [0.4, 0.5) is 17.1 Å². The third-order valence-electron chi connectivity index (χ3n) is 7.14. The molecule has 2 aliphatic heterocycles. The SMILES string of the molecule is N#Cc1cnc2cc(OC3CCOC3)c(NC(=O)C=C3CCNC3)cc2c1Nc1ccc(OCc2ccccn2)c(Cl)c1. The molecule has 10 nitrogen and oxygen atoms in total. The number of aromatic nitrogens is 2. The predicted octanol–water partition coefficient (Wildman–Crippen LogP) is 5.50. The number of benzene rings is 2. The Morgan fingerprint density at radius 3 is 2.88 bits per heavy atom. The summed E-state index contributed by atoms with van der Waals surface area (Å²) in [5.41, 5.74) is 4.38. The molecule has 1 amide bonds. The molecule has 0 radical (unpaired) electrons. The number of ether oxygens (including phenoxy) is 3. The molecule has 2 aromatic heterocycles. The molecule has 0 saturated carbocycles. The average molecular weight is 597 g/mol. The first kappa shape index (κ1) is 28.4. The van der Waals surface area contributed by atoms with Crippen LogP contribution in [0.3, 0.4) is 0 Å². The van der Waals surface area contributed by atoms with Crippen LogP contribution in [-0.2, 0) is 16.1 Å². The molecular weight excluding hydrogens is 568 g/mol. The van der Waals surface area contributed by atoms with E-state index in [-0.39, 0.29) is 18.6 Å². The average Bonchev–Trinajstić information content (AvgIpc) is 3.73. The summed E-state index contributed by atoms with van der Waals surface area (Å²) >= 11 is 6.56. The van der Waals surface area contributed by atoms with Crippen LogP contribution in [0.5, 0.6) is 11.5 Å². The third kappa shape index (κ3) is 6.87. The van der Waals surface area contributed by atoms with Gasteiger partial charge >= 0.3 is 0 Å². The van der Waals surface area contributed by atoms with Crippen molar-refractivity contribution >= 4 is 45.5 Å². The second-order valence-electron chi connectivity index (χ2n) is 10.2. The standard InChI is InChI=1S/C32H29ClN6O4/c33-26-12-22(4-5-29(26)42-18-23-3-1-2-8-36-23)38-32-21(15-34)17-37-27-14-30(43-24-7-10-41-19-24)28(13-25(27)32)39-31(40)11-20-6-9-35-16-20/h1-5,8,11-14,17,24,35H,6-7,9-10,16,18-19H2,(H,37,38)(H,39,40). The van der Waals surface area contributed by atoms with Crippen molar-refractivity contribution in [3.05, 3.63) is 88.9 Å². The fraction of sp³-hybridized carbons (Fsp3) is 0.250. The summed E-state index contributed by atoms with van der Waals surface area (Å²) in [5, 5.41) is 20.5. The van der Waals surface area contributed by atoms with Crippen molar-refractivity contribution < 1.29 is 19.0 Å². The van der Waals surface area contributed by atoms with Crippen molar-refractivity contribution in [2.75, 3.05) is 36.9 Å².